The van der Waals surface area contributed by atoms with Gasteiger partial charge in [-0.05, 0) is 36.5 Å². The van der Waals surface area contributed by atoms with Gasteiger partial charge in [0.25, 0.3) is 0 Å². The van der Waals surface area contributed by atoms with Crippen molar-refractivity contribution < 1.29 is 19.1 Å². The number of carboxylic acid groups (broad SMARTS) is 1. The number of carboxylic acids is 1. The van der Waals surface area contributed by atoms with Gasteiger partial charge in [-0.1, -0.05) is 12.1 Å². The van der Waals surface area contributed by atoms with Crippen LogP contribution < -0.4 is 10.6 Å². The normalized spacial score (nSPS) is 17.1. The van der Waals surface area contributed by atoms with Crippen molar-refractivity contribution in [2.45, 2.75) is 31.7 Å². The number of urea groups is 1. The number of hydrogen-bond donors (Lipinski definition) is 3. The van der Waals surface area contributed by atoms with Crippen LogP contribution >= 0.6 is 0 Å². The van der Waals surface area contributed by atoms with E-state index in [4.69, 9.17) is 5.11 Å². The summed E-state index contributed by atoms with van der Waals surface area (Å²) in [5, 5.41) is 13.7. The van der Waals surface area contributed by atoms with Crippen LogP contribution in [-0.4, -0.2) is 23.7 Å². The van der Waals surface area contributed by atoms with E-state index in [1.807, 2.05) is 6.07 Å². The van der Waals surface area contributed by atoms with E-state index in [0.29, 0.717) is 12.0 Å². The summed E-state index contributed by atoms with van der Waals surface area (Å²) in [6, 6.07) is 4.23. The molecule has 0 fully saturated rings. The fourth-order valence-electron chi connectivity index (χ4n) is 2.45. The molecule has 0 radical (unpaired) electrons. The first-order valence-electron chi connectivity index (χ1n) is 6.61. The molecule has 1 aliphatic rings. The number of hydrogen-bond acceptors (Lipinski definition) is 2. The first-order chi connectivity index (χ1) is 9.58. The third-order valence-corrected chi connectivity index (χ3v) is 3.38. The summed E-state index contributed by atoms with van der Waals surface area (Å²) < 4.78 is 13.7. The molecule has 0 aliphatic heterocycles. The molecule has 0 spiro atoms. The lowest BCUT2D eigenvalue weighted by Crippen LogP contribution is -2.40. The summed E-state index contributed by atoms with van der Waals surface area (Å²) in [4.78, 5) is 22.0. The number of rotatable bonds is 4. The van der Waals surface area contributed by atoms with E-state index in [2.05, 4.69) is 10.6 Å². The largest absolute Gasteiger partial charge is 0.481 e. The average molecular weight is 280 g/mol. The number of fused-ring (bicyclic) bond motifs is 1. The van der Waals surface area contributed by atoms with Crippen LogP contribution in [0.3, 0.4) is 0 Å². The summed E-state index contributed by atoms with van der Waals surface area (Å²) in [6.07, 6.45) is 2.13. The van der Waals surface area contributed by atoms with E-state index in [1.165, 1.54) is 6.07 Å². The molecule has 108 valence electrons. The molecular formula is C14H17FN2O3. The monoisotopic (exact) mass is 280 g/mol. The minimum absolute atomic E-state index is 0.0733. The average Bonchev–Trinajstić information content (AvgIpc) is 2.39. The Kier molecular flexibility index (Phi) is 4.55. The van der Waals surface area contributed by atoms with Crippen molar-refractivity contribution in [1.82, 2.24) is 10.6 Å². The first kappa shape index (κ1) is 14.3. The van der Waals surface area contributed by atoms with Gasteiger partial charge >= 0.3 is 12.0 Å². The summed E-state index contributed by atoms with van der Waals surface area (Å²) in [5.41, 5.74) is 1.47. The van der Waals surface area contributed by atoms with Crippen LogP contribution in [0.5, 0.6) is 0 Å². The highest BCUT2D eigenvalue weighted by atomic mass is 19.1. The molecule has 2 rings (SSSR count). The third kappa shape index (κ3) is 3.46. The molecule has 1 aromatic carbocycles. The van der Waals surface area contributed by atoms with Gasteiger partial charge in [0.05, 0.1) is 12.5 Å². The fraction of sp³-hybridized carbons (Fsp3) is 0.429. The Bertz CT molecular complexity index is 519. The van der Waals surface area contributed by atoms with E-state index in [1.54, 1.807) is 6.07 Å². The van der Waals surface area contributed by atoms with E-state index in [0.717, 1.165) is 18.4 Å². The first-order valence-corrected chi connectivity index (χ1v) is 6.61. The molecule has 0 saturated heterocycles. The van der Waals surface area contributed by atoms with Crippen LogP contribution in [-0.2, 0) is 11.2 Å². The van der Waals surface area contributed by atoms with Crippen LogP contribution in [0.1, 0.15) is 36.4 Å². The van der Waals surface area contributed by atoms with Crippen molar-refractivity contribution in [3.8, 4) is 0 Å². The highest BCUT2D eigenvalue weighted by Crippen LogP contribution is 2.31. The lowest BCUT2D eigenvalue weighted by Gasteiger charge is -2.26. The highest BCUT2D eigenvalue weighted by molar-refractivity contribution is 5.75. The van der Waals surface area contributed by atoms with Crippen LogP contribution in [0.2, 0.25) is 0 Å². The van der Waals surface area contributed by atoms with Crippen LogP contribution in [0, 0.1) is 5.82 Å². The Hall–Kier alpha value is -2.11. The van der Waals surface area contributed by atoms with E-state index in [-0.39, 0.29) is 24.8 Å². The Morgan fingerprint density at radius 1 is 1.40 bits per heavy atom. The number of benzene rings is 1. The molecule has 1 aromatic rings. The molecule has 1 unspecified atom stereocenters. The standard InChI is InChI=1S/C14H17FN2O3/c15-11-5-1-4-10-9(11)3-2-6-12(10)17-14(20)16-8-7-13(18)19/h1,4-5,12H,2-3,6-8H2,(H,18,19)(H2,16,17,20). The summed E-state index contributed by atoms with van der Waals surface area (Å²) in [5.74, 6) is -1.20. The lowest BCUT2D eigenvalue weighted by atomic mass is 9.87. The molecule has 3 N–H and O–H groups in total. The Morgan fingerprint density at radius 2 is 2.20 bits per heavy atom. The Labute approximate surface area is 116 Å². The minimum atomic E-state index is -0.963. The molecular weight excluding hydrogens is 263 g/mol. The Morgan fingerprint density at radius 3 is 2.95 bits per heavy atom. The Balaban J connectivity index is 1.96. The van der Waals surface area contributed by atoms with Crippen molar-refractivity contribution in [3.63, 3.8) is 0 Å². The lowest BCUT2D eigenvalue weighted by molar-refractivity contribution is -0.136. The van der Waals surface area contributed by atoms with Gasteiger partial charge in [-0.3, -0.25) is 4.79 Å². The molecule has 2 amide bonds. The molecule has 20 heavy (non-hydrogen) atoms. The zero-order valence-corrected chi connectivity index (χ0v) is 11.0. The maximum absolute atomic E-state index is 13.7. The van der Waals surface area contributed by atoms with Crippen molar-refractivity contribution >= 4 is 12.0 Å². The van der Waals surface area contributed by atoms with Gasteiger partial charge in [-0.15, -0.1) is 0 Å². The number of halogens is 1. The van der Waals surface area contributed by atoms with Crippen LogP contribution in [0.15, 0.2) is 18.2 Å². The number of amides is 2. The topological polar surface area (TPSA) is 78.4 Å². The number of carbonyl (C=O) groups is 2. The van der Waals surface area contributed by atoms with Crippen LogP contribution in [0.25, 0.3) is 0 Å². The number of aliphatic carboxylic acids is 1. The summed E-state index contributed by atoms with van der Waals surface area (Å²) >= 11 is 0. The molecule has 0 heterocycles. The second-order valence-electron chi connectivity index (χ2n) is 4.80. The molecule has 1 aliphatic carbocycles. The van der Waals surface area contributed by atoms with E-state index < -0.39 is 12.0 Å². The second kappa shape index (κ2) is 6.36. The van der Waals surface area contributed by atoms with Crippen molar-refractivity contribution in [1.29, 1.82) is 0 Å². The molecule has 0 saturated carbocycles. The SMILES string of the molecule is O=C(O)CCNC(=O)NC1CCCc2c(F)cccc21. The predicted octanol–water partition coefficient (Wildman–Crippen LogP) is 1.98. The van der Waals surface area contributed by atoms with Gasteiger partial charge in [0.2, 0.25) is 0 Å². The van der Waals surface area contributed by atoms with Crippen molar-refractivity contribution in [3.05, 3.63) is 35.1 Å². The molecule has 6 heteroatoms. The van der Waals surface area contributed by atoms with Gasteiger partial charge in [0, 0.05) is 6.54 Å². The van der Waals surface area contributed by atoms with Gasteiger partial charge in [-0.2, -0.15) is 0 Å². The van der Waals surface area contributed by atoms with Gasteiger partial charge in [0.1, 0.15) is 5.82 Å². The second-order valence-corrected chi connectivity index (χ2v) is 4.80. The van der Waals surface area contributed by atoms with Crippen molar-refractivity contribution in [2.75, 3.05) is 6.54 Å². The molecule has 0 bridgehead atoms. The molecule has 1 atom stereocenters. The fourth-order valence-corrected chi connectivity index (χ4v) is 2.45. The zero-order valence-electron chi connectivity index (χ0n) is 11.0. The maximum atomic E-state index is 13.7. The smallest absolute Gasteiger partial charge is 0.315 e. The highest BCUT2D eigenvalue weighted by Gasteiger charge is 2.23. The molecule has 0 aromatic heterocycles. The minimum Gasteiger partial charge on any atom is -0.481 e. The quantitative estimate of drug-likeness (QED) is 0.789. The van der Waals surface area contributed by atoms with Gasteiger partial charge in [0.15, 0.2) is 0 Å². The maximum Gasteiger partial charge on any atom is 0.315 e. The molecule has 5 nitrogen and oxygen atoms in total. The van der Waals surface area contributed by atoms with E-state index in [9.17, 15) is 14.0 Å². The van der Waals surface area contributed by atoms with E-state index >= 15 is 0 Å². The van der Waals surface area contributed by atoms with Crippen molar-refractivity contribution in [2.24, 2.45) is 0 Å². The number of nitrogens with one attached hydrogen (secondary N) is 2. The third-order valence-electron chi connectivity index (χ3n) is 3.38. The van der Waals surface area contributed by atoms with Crippen LogP contribution in [0.4, 0.5) is 9.18 Å². The van der Waals surface area contributed by atoms with Gasteiger partial charge < -0.3 is 15.7 Å². The van der Waals surface area contributed by atoms with Gasteiger partial charge in [-0.25, -0.2) is 9.18 Å². The predicted molar refractivity (Wildman–Crippen MR) is 70.9 cm³/mol. The zero-order chi connectivity index (χ0) is 14.5. The number of carbonyl (C=O) groups excluding carboxylic acids is 1. The summed E-state index contributed by atoms with van der Waals surface area (Å²) in [6.45, 7) is 0.0733. The summed E-state index contributed by atoms with van der Waals surface area (Å²) in [7, 11) is 0.